The zero-order valence-corrected chi connectivity index (χ0v) is 15.3. The van der Waals surface area contributed by atoms with E-state index in [0.29, 0.717) is 21.6 Å². The summed E-state index contributed by atoms with van der Waals surface area (Å²) in [7, 11) is 1.67. The molecule has 0 aromatic heterocycles. The number of hydrogen-bond donors (Lipinski definition) is 1. The van der Waals surface area contributed by atoms with E-state index in [1.165, 1.54) is 23.5 Å². The molecule has 1 N–H and O–H groups in total. The Bertz CT molecular complexity index is 458. The summed E-state index contributed by atoms with van der Waals surface area (Å²) in [6, 6.07) is 6.51. The van der Waals surface area contributed by atoms with Crippen molar-refractivity contribution in [2.45, 2.75) is 36.8 Å². The standard InChI is InChI=1S/C16H24ClNOS2/c1-4-14-16(21-9-8-20-14)15(18-5-2)11-6-7-12(17)13(10-11)19-3/h6-7,10,14-16,18H,4-5,8-9H2,1-3H3. The minimum absolute atomic E-state index is 0.351. The average Bonchev–Trinajstić information content (AvgIpc) is 2.53. The second-order valence-electron chi connectivity index (χ2n) is 5.08. The minimum Gasteiger partial charge on any atom is -0.495 e. The molecule has 0 bridgehead atoms. The van der Waals surface area contributed by atoms with Crippen LogP contribution in [0.4, 0.5) is 0 Å². The van der Waals surface area contributed by atoms with Crippen molar-refractivity contribution >= 4 is 35.1 Å². The molecule has 0 saturated carbocycles. The van der Waals surface area contributed by atoms with Gasteiger partial charge in [-0.2, -0.15) is 23.5 Å². The lowest BCUT2D eigenvalue weighted by Crippen LogP contribution is -2.38. The maximum absolute atomic E-state index is 6.17. The Balaban J connectivity index is 2.28. The van der Waals surface area contributed by atoms with Crippen molar-refractivity contribution in [2.75, 3.05) is 25.2 Å². The molecule has 1 aromatic carbocycles. The van der Waals surface area contributed by atoms with Crippen molar-refractivity contribution in [3.05, 3.63) is 28.8 Å². The quantitative estimate of drug-likeness (QED) is 0.811. The Kier molecular flexibility index (Phi) is 7.06. The number of methoxy groups -OCH3 is 1. The van der Waals surface area contributed by atoms with Gasteiger partial charge in [0.2, 0.25) is 0 Å². The number of hydrogen-bond acceptors (Lipinski definition) is 4. The van der Waals surface area contributed by atoms with Crippen LogP contribution in [-0.2, 0) is 0 Å². The topological polar surface area (TPSA) is 21.3 Å². The molecule has 1 saturated heterocycles. The molecule has 0 aliphatic carbocycles. The maximum atomic E-state index is 6.17. The molecule has 2 nitrogen and oxygen atoms in total. The van der Waals surface area contributed by atoms with Gasteiger partial charge < -0.3 is 10.1 Å². The van der Waals surface area contributed by atoms with Crippen LogP contribution in [0.5, 0.6) is 5.75 Å². The predicted octanol–water partition coefficient (Wildman–Crippen LogP) is 4.63. The van der Waals surface area contributed by atoms with Gasteiger partial charge in [0.25, 0.3) is 0 Å². The summed E-state index contributed by atoms with van der Waals surface area (Å²) in [6.45, 7) is 5.43. The van der Waals surface area contributed by atoms with E-state index in [2.05, 4.69) is 54.8 Å². The number of nitrogens with one attached hydrogen (secondary N) is 1. The summed E-state index contributed by atoms with van der Waals surface area (Å²) in [4.78, 5) is 0. The van der Waals surface area contributed by atoms with Gasteiger partial charge in [-0.1, -0.05) is 31.5 Å². The summed E-state index contributed by atoms with van der Waals surface area (Å²) in [6.07, 6.45) is 1.22. The normalized spacial score (nSPS) is 23.8. The molecule has 118 valence electrons. The lowest BCUT2D eigenvalue weighted by molar-refractivity contribution is 0.412. The molecule has 1 aromatic rings. The van der Waals surface area contributed by atoms with Crippen molar-refractivity contribution < 1.29 is 4.74 Å². The van der Waals surface area contributed by atoms with E-state index in [9.17, 15) is 0 Å². The van der Waals surface area contributed by atoms with Gasteiger partial charge in [0.15, 0.2) is 0 Å². The number of halogens is 1. The molecule has 0 amide bonds. The van der Waals surface area contributed by atoms with Gasteiger partial charge in [-0.15, -0.1) is 0 Å². The fourth-order valence-electron chi connectivity index (χ4n) is 2.76. The largest absolute Gasteiger partial charge is 0.495 e. The van der Waals surface area contributed by atoms with E-state index in [1.54, 1.807) is 7.11 Å². The highest BCUT2D eigenvalue weighted by Gasteiger charge is 2.32. The first-order valence-corrected chi connectivity index (χ1v) is 9.98. The van der Waals surface area contributed by atoms with Crippen LogP contribution in [0.2, 0.25) is 5.02 Å². The molecule has 1 aliphatic rings. The van der Waals surface area contributed by atoms with Crippen molar-refractivity contribution in [3.63, 3.8) is 0 Å². The molecule has 3 unspecified atom stereocenters. The first-order valence-electron chi connectivity index (χ1n) is 7.51. The molecular weight excluding hydrogens is 322 g/mol. The van der Waals surface area contributed by atoms with E-state index in [1.807, 2.05) is 6.07 Å². The van der Waals surface area contributed by atoms with E-state index in [4.69, 9.17) is 16.3 Å². The van der Waals surface area contributed by atoms with Crippen LogP contribution >= 0.6 is 35.1 Å². The van der Waals surface area contributed by atoms with E-state index >= 15 is 0 Å². The molecule has 2 rings (SSSR count). The Morgan fingerprint density at radius 1 is 1.33 bits per heavy atom. The minimum atomic E-state index is 0.351. The molecule has 5 heteroatoms. The molecule has 1 fully saturated rings. The Morgan fingerprint density at radius 3 is 2.76 bits per heavy atom. The summed E-state index contributed by atoms with van der Waals surface area (Å²) in [5, 5.41) is 5.65. The number of ether oxygens (including phenoxy) is 1. The summed E-state index contributed by atoms with van der Waals surface area (Å²) in [5.74, 6) is 3.26. The van der Waals surface area contributed by atoms with E-state index in [-0.39, 0.29) is 0 Å². The van der Waals surface area contributed by atoms with Crippen molar-refractivity contribution in [1.82, 2.24) is 5.32 Å². The number of benzene rings is 1. The summed E-state index contributed by atoms with van der Waals surface area (Å²) in [5.41, 5.74) is 1.27. The maximum Gasteiger partial charge on any atom is 0.137 e. The zero-order valence-electron chi connectivity index (χ0n) is 12.9. The first-order chi connectivity index (χ1) is 10.2. The van der Waals surface area contributed by atoms with Crippen molar-refractivity contribution in [2.24, 2.45) is 0 Å². The van der Waals surface area contributed by atoms with Crippen molar-refractivity contribution in [1.29, 1.82) is 0 Å². The van der Waals surface area contributed by atoms with Gasteiger partial charge in [-0.05, 0) is 30.7 Å². The van der Waals surface area contributed by atoms with Crippen molar-refractivity contribution in [3.8, 4) is 5.75 Å². The monoisotopic (exact) mass is 345 g/mol. The van der Waals surface area contributed by atoms with Gasteiger partial charge in [-0.25, -0.2) is 0 Å². The van der Waals surface area contributed by atoms with E-state index in [0.717, 1.165) is 12.3 Å². The third kappa shape index (κ3) is 4.25. The molecule has 21 heavy (non-hydrogen) atoms. The SMILES string of the molecule is CCNC(c1ccc(Cl)c(OC)c1)C1SCCSC1CC. The van der Waals surface area contributed by atoms with Gasteiger partial charge >= 0.3 is 0 Å². The van der Waals surface area contributed by atoms with Crippen LogP contribution in [-0.4, -0.2) is 35.7 Å². The molecule has 0 spiro atoms. The summed E-state index contributed by atoms with van der Waals surface area (Å²) >= 11 is 10.4. The lowest BCUT2D eigenvalue weighted by atomic mass is 9.99. The lowest BCUT2D eigenvalue weighted by Gasteiger charge is -2.36. The van der Waals surface area contributed by atoms with Gasteiger partial charge in [0.05, 0.1) is 12.1 Å². The predicted molar refractivity (Wildman–Crippen MR) is 97.2 cm³/mol. The molecule has 1 heterocycles. The van der Waals surface area contributed by atoms with Crippen LogP contribution < -0.4 is 10.1 Å². The molecule has 1 aliphatic heterocycles. The van der Waals surface area contributed by atoms with Gasteiger partial charge in [0, 0.05) is 28.0 Å². The fraction of sp³-hybridized carbons (Fsp3) is 0.625. The first kappa shape index (κ1) is 17.3. The Morgan fingerprint density at radius 2 is 2.10 bits per heavy atom. The zero-order chi connectivity index (χ0) is 15.2. The van der Waals surface area contributed by atoms with Crippen LogP contribution in [0.3, 0.4) is 0 Å². The highest BCUT2D eigenvalue weighted by molar-refractivity contribution is 8.07. The number of thioether (sulfide) groups is 2. The second-order valence-corrected chi connectivity index (χ2v) is 8.12. The second kappa shape index (κ2) is 8.56. The smallest absolute Gasteiger partial charge is 0.137 e. The Labute approximate surface area is 141 Å². The van der Waals surface area contributed by atoms with Crippen LogP contribution in [0.15, 0.2) is 18.2 Å². The van der Waals surface area contributed by atoms with Gasteiger partial charge in [0.1, 0.15) is 5.75 Å². The highest BCUT2D eigenvalue weighted by Crippen LogP contribution is 2.41. The third-order valence-electron chi connectivity index (χ3n) is 3.78. The number of rotatable bonds is 6. The fourth-order valence-corrected chi connectivity index (χ4v) is 6.21. The highest BCUT2D eigenvalue weighted by atomic mass is 35.5. The summed E-state index contributed by atoms with van der Waals surface area (Å²) < 4.78 is 5.38. The molecular formula is C16H24ClNOS2. The van der Waals surface area contributed by atoms with Crippen LogP contribution in [0, 0.1) is 0 Å². The molecule has 0 radical (unpaired) electrons. The molecule has 3 atom stereocenters. The average molecular weight is 346 g/mol. The van der Waals surface area contributed by atoms with Gasteiger partial charge in [-0.3, -0.25) is 0 Å². The Hall–Kier alpha value is -0.0300. The van der Waals surface area contributed by atoms with Crippen LogP contribution in [0.1, 0.15) is 31.9 Å². The van der Waals surface area contributed by atoms with E-state index < -0.39 is 0 Å². The van der Waals surface area contributed by atoms with Crippen LogP contribution in [0.25, 0.3) is 0 Å². The third-order valence-corrected chi connectivity index (χ3v) is 7.44.